The van der Waals surface area contributed by atoms with Gasteiger partial charge < -0.3 is 10.5 Å². The Morgan fingerprint density at radius 1 is 1.25 bits per heavy atom. The summed E-state index contributed by atoms with van der Waals surface area (Å²) in [5.74, 6) is 0.819. The predicted molar refractivity (Wildman–Crippen MR) is 87.3 cm³/mol. The molecule has 0 radical (unpaired) electrons. The quantitative estimate of drug-likeness (QED) is 0.837. The highest BCUT2D eigenvalue weighted by molar-refractivity contribution is 9.10. The maximum absolute atomic E-state index is 6.19. The molecule has 2 N–H and O–H groups in total. The van der Waals surface area contributed by atoms with Crippen molar-refractivity contribution in [3.8, 4) is 5.75 Å². The van der Waals surface area contributed by atoms with E-state index in [-0.39, 0.29) is 6.04 Å². The first-order valence-corrected chi connectivity index (χ1v) is 7.57. The van der Waals surface area contributed by atoms with Crippen LogP contribution in [0.3, 0.4) is 0 Å². The van der Waals surface area contributed by atoms with Gasteiger partial charge in [-0.3, -0.25) is 0 Å². The van der Waals surface area contributed by atoms with E-state index in [0.717, 1.165) is 26.9 Å². The van der Waals surface area contributed by atoms with Crippen molar-refractivity contribution in [3.63, 3.8) is 0 Å². The first-order valence-electron chi connectivity index (χ1n) is 6.40. The monoisotopic (exact) mass is 353 g/mol. The molecular weight excluding hydrogens is 338 g/mol. The lowest BCUT2D eigenvalue weighted by molar-refractivity contribution is 0.301. The van der Waals surface area contributed by atoms with Crippen LogP contribution < -0.4 is 10.5 Å². The van der Waals surface area contributed by atoms with Crippen LogP contribution in [0.25, 0.3) is 0 Å². The lowest BCUT2D eigenvalue weighted by Gasteiger charge is -2.15. The largest absolute Gasteiger partial charge is 0.488 e. The second-order valence-electron chi connectivity index (χ2n) is 4.85. The third-order valence-electron chi connectivity index (χ3n) is 3.06. The number of halogens is 2. The Labute approximate surface area is 133 Å². The van der Waals surface area contributed by atoms with Crippen molar-refractivity contribution in [3.05, 3.63) is 62.6 Å². The molecule has 2 nitrogen and oxygen atoms in total. The van der Waals surface area contributed by atoms with Gasteiger partial charge in [-0.1, -0.05) is 45.7 Å². The van der Waals surface area contributed by atoms with Gasteiger partial charge in [-0.15, -0.1) is 0 Å². The molecule has 0 saturated heterocycles. The van der Waals surface area contributed by atoms with E-state index < -0.39 is 0 Å². The number of hydrogen-bond donors (Lipinski definition) is 1. The minimum atomic E-state index is -0.0639. The van der Waals surface area contributed by atoms with E-state index in [9.17, 15) is 0 Å². The third-order valence-corrected chi connectivity index (χ3v) is 3.90. The third kappa shape index (κ3) is 3.75. The number of benzene rings is 2. The van der Waals surface area contributed by atoms with Crippen molar-refractivity contribution < 1.29 is 4.74 Å². The van der Waals surface area contributed by atoms with Gasteiger partial charge in [-0.05, 0) is 37.6 Å². The number of hydrogen-bond acceptors (Lipinski definition) is 2. The van der Waals surface area contributed by atoms with Gasteiger partial charge in [0.1, 0.15) is 12.4 Å². The highest BCUT2D eigenvalue weighted by atomic mass is 79.9. The van der Waals surface area contributed by atoms with Gasteiger partial charge in [0, 0.05) is 26.7 Å². The molecule has 0 saturated carbocycles. The summed E-state index contributed by atoms with van der Waals surface area (Å²) in [5.41, 5.74) is 9.07. The lowest BCUT2D eigenvalue weighted by Crippen LogP contribution is -2.08. The molecule has 2 rings (SSSR count). The summed E-state index contributed by atoms with van der Waals surface area (Å²) < 4.78 is 6.86. The van der Waals surface area contributed by atoms with Crippen LogP contribution in [0.4, 0.5) is 0 Å². The van der Waals surface area contributed by atoms with Crippen LogP contribution in [-0.2, 0) is 6.61 Å². The Morgan fingerprint density at radius 2 is 2.00 bits per heavy atom. The molecule has 1 atom stereocenters. The highest BCUT2D eigenvalue weighted by Gasteiger charge is 2.09. The van der Waals surface area contributed by atoms with Crippen molar-refractivity contribution in [2.45, 2.75) is 26.5 Å². The van der Waals surface area contributed by atoms with Gasteiger partial charge >= 0.3 is 0 Å². The van der Waals surface area contributed by atoms with Crippen molar-refractivity contribution in [2.75, 3.05) is 0 Å². The fourth-order valence-corrected chi connectivity index (χ4v) is 2.66. The molecule has 0 aliphatic carbocycles. The summed E-state index contributed by atoms with van der Waals surface area (Å²) in [4.78, 5) is 0. The minimum Gasteiger partial charge on any atom is -0.488 e. The molecule has 106 valence electrons. The molecule has 0 heterocycles. The molecule has 0 spiro atoms. The summed E-state index contributed by atoms with van der Waals surface area (Å²) in [6.07, 6.45) is 0. The van der Waals surface area contributed by atoms with Crippen molar-refractivity contribution in [1.82, 2.24) is 0 Å². The Bertz CT molecular complexity index is 613. The standard InChI is InChI=1S/C16H17BrClNO/c1-10-3-6-14(11(2)19)16(7-10)20-9-12-4-5-13(17)8-15(12)18/h3-8,11H,9,19H2,1-2H3. The Hall–Kier alpha value is -1.03. The van der Waals surface area contributed by atoms with Crippen LogP contribution in [-0.4, -0.2) is 0 Å². The van der Waals surface area contributed by atoms with E-state index in [1.807, 2.05) is 50.2 Å². The maximum atomic E-state index is 6.19. The summed E-state index contributed by atoms with van der Waals surface area (Å²) >= 11 is 9.59. The summed E-state index contributed by atoms with van der Waals surface area (Å²) in [5, 5.41) is 0.689. The van der Waals surface area contributed by atoms with Crippen molar-refractivity contribution in [1.29, 1.82) is 0 Å². The molecule has 2 aromatic carbocycles. The van der Waals surface area contributed by atoms with Gasteiger partial charge in [0.15, 0.2) is 0 Å². The van der Waals surface area contributed by atoms with E-state index in [1.54, 1.807) is 0 Å². The van der Waals surface area contributed by atoms with Crippen LogP contribution in [0, 0.1) is 6.92 Å². The maximum Gasteiger partial charge on any atom is 0.124 e. The summed E-state index contributed by atoms with van der Waals surface area (Å²) in [6, 6.07) is 11.8. The van der Waals surface area contributed by atoms with Crippen LogP contribution in [0.1, 0.15) is 29.7 Å². The molecule has 0 aliphatic heterocycles. The smallest absolute Gasteiger partial charge is 0.124 e. The van der Waals surface area contributed by atoms with E-state index in [4.69, 9.17) is 22.1 Å². The Morgan fingerprint density at radius 3 is 2.65 bits per heavy atom. The molecule has 0 amide bonds. The summed E-state index contributed by atoms with van der Waals surface area (Å²) in [6.45, 7) is 4.41. The number of ether oxygens (including phenoxy) is 1. The van der Waals surface area contributed by atoms with E-state index in [2.05, 4.69) is 15.9 Å². The van der Waals surface area contributed by atoms with Crippen molar-refractivity contribution in [2.24, 2.45) is 5.73 Å². The predicted octanol–water partition coefficient (Wildman–Crippen LogP) is 5.01. The molecule has 0 aromatic heterocycles. The van der Waals surface area contributed by atoms with E-state index in [1.165, 1.54) is 0 Å². The van der Waals surface area contributed by atoms with Gasteiger partial charge in [0.2, 0.25) is 0 Å². The molecule has 2 aromatic rings. The molecule has 20 heavy (non-hydrogen) atoms. The summed E-state index contributed by atoms with van der Waals surface area (Å²) in [7, 11) is 0. The second-order valence-corrected chi connectivity index (χ2v) is 6.18. The average molecular weight is 355 g/mol. The van der Waals surface area contributed by atoms with E-state index >= 15 is 0 Å². The Balaban J connectivity index is 2.20. The zero-order chi connectivity index (χ0) is 14.7. The number of rotatable bonds is 4. The van der Waals surface area contributed by atoms with Crippen LogP contribution >= 0.6 is 27.5 Å². The normalized spacial score (nSPS) is 12.2. The lowest BCUT2D eigenvalue weighted by atomic mass is 10.1. The first kappa shape index (κ1) is 15.4. The highest BCUT2D eigenvalue weighted by Crippen LogP contribution is 2.28. The average Bonchev–Trinajstić information content (AvgIpc) is 2.37. The Kier molecular flexibility index (Phi) is 5.08. The molecule has 0 aliphatic rings. The number of aryl methyl sites for hydroxylation is 1. The fourth-order valence-electron chi connectivity index (χ4n) is 1.94. The topological polar surface area (TPSA) is 35.2 Å². The van der Waals surface area contributed by atoms with E-state index in [0.29, 0.717) is 11.6 Å². The van der Waals surface area contributed by atoms with Gasteiger partial charge in [0.25, 0.3) is 0 Å². The molecule has 0 fully saturated rings. The van der Waals surface area contributed by atoms with Crippen molar-refractivity contribution >= 4 is 27.5 Å². The second kappa shape index (κ2) is 6.61. The number of nitrogens with two attached hydrogens (primary N) is 1. The molecular formula is C16H17BrClNO. The molecule has 4 heteroatoms. The first-order chi connectivity index (χ1) is 9.47. The molecule has 1 unspecified atom stereocenters. The fraction of sp³-hybridized carbons (Fsp3) is 0.250. The van der Waals surface area contributed by atoms with Gasteiger partial charge in [-0.25, -0.2) is 0 Å². The van der Waals surface area contributed by atoms with Gasteiger partial charge in [0.05, 0.1) is 0 Å². The molecule has 0 bridgehead atoms. The van der Waals surface area contributed by atoms with Crippen LogP contribution in [0.5, 0.6) is 5.75 Å². The SMILES string of the molecule is Cc1ccc(C(C)N)c(OCc2ccc(Br)cc2Cl)c1. The zero-order valence-electron chi connectivity index (χ0n) is 11.5. The minimum absolute atomic E-state index is 0.0639. The zero-order valence-corrected chi connectivity index (χ0v) is 13.8. The van der Waals surface area contributed by atoms with Crippen LogP contribution in [0.15, 0.2) is 40.9 Å². The van der Waals surface area contributed by atoms with Gasteiger partial charge in [-0.2, -0.15) is 0 Å². The van der Waals surface area contributed by atoms with Crippen LogP contribution in [0.2, 0.25) is 5.02 Å².